The molecule has 3 heteroatoms. The van der Waals surface area contributed by atoms with Gasteiger partial charge in [-0.25, -0.2) is 4.79 Å². The van der Waals surface area contributed by atoms with Crippen LogP contribution in [0.25, 0.3) is 10.8 Å². The second-order valence-electron chi connectivity index (χ2n) is 8.03. The van der Waals surface area contributed by atoms with Crippen molar-refractivity contribution in [3.8, 4) is 5.75 Å². The molecule has 0 saturated heterocycles. The summed E-state index contributed by atoms with van der Waals surface area (Å²) in [7, 11) is 2.95. The predicted molar refractivity (Wildman–Crippen MR) is 130 cm³/mol. The van der Waals surface area contributed by atoms with Crippen molar-refractivity contribution in [2.75, 3.05) is 14.2 Å². The van der Waals surface area contributed by atoms with Gasteiger partial charge >= 0.3 is 5.97 Å². The summed E-state index contributed by atoms with van der Waals surface area (Å²) >= 11 is 0. The Kier molecular flexibility index (Phi) is 6.86. The van der Waals surface area contributed by atoms with Crippen LogP contribution in [0.3, 0.4) is 0 Å². The minimum atomic E-state index is -0.382. The average molecular weight is 425 g/mol. The lowest BCUT2D eigenvalue weighted by Gasteiger charge is -2.10. The largest absolute Gasteiger partial charge is 0.496 e. The summed E-state index contributed by atoms with van der Waals surface area (Å²) in [6, 6.07) is 29.8. The zero-order chi connectivity index (χ0) is 22.3. The Morgan fingerprint density at radius 1 is 0.625 bits per heavy atom. The van der Waals surface area contributed by atoms with Crippen molar-refractivity contribution >= 4 is 16.7 Å². The van der Waals surface area contributed by atoms with E-state index in [1.165, 1.54) is 34.6 Å². The molecule has 0 aliphatic heterocycles. The van der Waals surface area contributed by atoms with Crippen molar-refractivity contribution in [1.29, 1.82) is 0 Å². The summed E-state index contributed by atoms with van der Waals surface area (Å²) in [6.45, 7) is 0. The highest BCUT2D eigenvalue weighted by molar-refractivity contribution is 5.92. The molecule has 0 heterocycles. The Hall–Kier alpha value is -3.59. The third-order valence-electron chi connectivity index (χ3n) is 5.88. The lowest BCUT2D eigenvalue weighted by atomic mass is 9.98. The number of hydrogen-bond acceptors (Lipinski definition) is 3. The fourth-order valence-electron chi connectivity index (χ4n) is 4.08. The zero-order valence-corrected chi connectivity index (χ0v) is 18.6. The lowest BCUT2D eigenvalue weighted by Crippen LogP contribution is -2.05. The second kappa shape index (κ2) is 10.1. The molecule has 162 valence electrons. The van der Waals surface area contributed by atoms with Gasteiger partial charge in [-0.05, 0) is 70.8 Å². The summed E-state index contributed by atoms with van der Waals surface area (Å²) in [4.78, 5) is 11.8. The fraction of sp³-hybridized carbons (Fsp3) is 0.207. The van der Waals surface area contributed by atoms with E-state index in [1.54, 1.807) is 13.2 Å². The number of rotatable bonds is 8. The van der Waals surface area contributed by atoms with Crippen LogP contribution in [0, 0.1) is 0 Å². The molecule has 4 rings (SSSR count). The maximum atomic E-state index is 11.8. The van der Waals surface area contributed by atoms with E-state index in [9.17, 15) is 4.79 Å². The Morgan fingerprint density at radius 3 is 1.88 bits per heavy atom. The summed E-state index contributed by atoms with van der Waals surface area (Å²) in [6.07, 6.45) is 3.87. The molecule has 0 saturated carbocycles. The normalized spacial score (nSPS) is 10.8. The maximum Gasteiger partial charge on any atom is 0.341 e. The minimum absolute atomic E-state index is 0.382. The summed E-state index contributed by atoms with van der Waals surface area (Å²) in [5.74, 6) is 0.172. The van der Waals surface area contributed by atoms with Gasteiger partial charge in [0, 0.05) is 0 Å². The van der Waals surface area contributed by atoms with Crippen LogP contribution in [0.15, 0.2) is 84.9 Å². The SMILES string of the molecule is COC(=O)c1ccc(CCc2cccc(CCc3ccc4ccccc4c3)c2)cc1OC. The van der Waals surface area contributed by atoms with E-state index in [0.717, 1.165) is 31.2 Å². The van der Waals surface area contributed by atoms with Crippen molar-refractivity contribution in [2.45, 2.75) is 25.7 Å². The van der Waals surface area contributed by atoms with Crippen molar-refractivity contribution in [1.82, 2.24) is 0 Å². The number of aryl methyl sites for hydroxylation is 4. The molecule has 3 nitrogen and oxygen atoms in total. The molecule has 0 spiro atoms. The number of fused-ring (bicyclic) bond motifs is 1. The topological polar surface area (TPSA) is 35.5 Å². The highest BCUT2D eigenvalue weighted by atomic mass is 16.5. The summed E-state index contributed by atoms with van der Waals surface area (Å²) < 4.78 is 10.2. The van der Waals surface area contributed by atoms with Crippen molar-refractivity contribution < 1.29 is 14.3 Å². The van der Waals surface area contributed by atoms with Gasteiger partial charge in [-0.2, -0.15) is 0 Å². The Bertz CT molecular complexity index is 1230. The summed E-state index contributed by atoms with van der Waals surface area (Å²) in [5.41, 5.74) is 5.63. The lowest BCUT2D eigenvalue weighted by molar-refractivity contribution is 0.0597. The number of carbonyl (C=O) groups excluding carboxylic acids is 1. The zero-order valence-electron chi connectivity index (χ0n) is 18.6. The van der Waals surface area contributed by atoms with Crippen LogP contribution in [0.5, 0.6) is 5.75 Å². The molecule has 0 aromatic heterocycles. The smallest absolute Gasteiger partial charge is 0.341 e. The molecule has 0 radical (unpaired) electrons. The number of carbonyl (C=O) groups is 1. The number of benzene rings is 4. The third kappa shape index (κ3) is 5.17. The van der Waals surface area contributed by atoms with Gasteiger partial charge in [-0.1, -0.05) is 72.8 Å². The molecule has 32 heavy (non-hydrogen) atoms. The van der Waals surface area contributed by atoms with Crippen LogP contribution < -0.4 is 4.74 Å². The van der Waals surface area contributed by atoms with Crippen molar-refractivity contribution in [3.05, 3.63) is 113 Å². The monoisotopic (exact) mass is 424 g/mol. The maximum absolute atomic E-state index is 11.8. The molecule has 4 aromatic rings. The highest BCUT2D eigenvalue weighted by Crippen LogP contribution is 2.23. The molecular formula is C29H28O3. The Labute approximate surface area is 189 Å². The molecule has 0 fully saturated rings. The van der Waals surface area contributed by atoms with Gasteiger partial charge in [-0.15, -0.1) is 0 Å². The van der Waals surface area contributed by atoms with Crippen LogP contribution in [-0.4, -0.2) is 20.2 Å². The van der Waals surface area contributed by atoms with Crippen LogP contribution >= 0.6 is 0 Å². The fourth-order valence-corrected chi connectivity index (χ4v) is 4.08. The molecule has 0 aliphatic carbocycles. The van der Waals surface area contributed by atoms with Crippen LogP contribution in [0.4, 0.5) is 0 Å². The molecule has 0 amide bonds. The molecule has 0 atom stereocenters. The number of esters is 1. The van der Waals surface area contributed by atoms with E-state index in [-0.39, 0.29) is 5.97 Å². The Balaban J connectivity index is 1.39. The van der Waals surface area contributed by atoms with Crippen molar-refractivity contribution in [2.24, 2.45) is 0 Å². The highest BCUT2D eigenvalue weighted by Gasteiger charge is 2.13. The van der Waals surface area contributed by atoms with Crippen LogP contribution in [-0.2, 0) is 30.4 Å². The van der Waals surface area contributed by atoms with Gasteiger partial charge in [-0.3, -0.25) is 0 Å². The quantitative estimate of drug-likeness (QED) is 0.316. The second-order valence-corrected chi connectivity index (χ2v) is 8.03. The number of hydrogen-bond donors (Lipinski definition) is 0. The molecule has 0 aliphatic rings. The average Bonchev–Trinajstić information content (AvgIpc) is 2.85. The van der Waals surface area contributed by atoms with E-state index < -0.39 is 0 Å². The van der Waals surface area contributed by atoms with Crippen molar-refractivity contribution in [3.63, 3.8) is 0 Å². The third-order valence-corrected chi connectivity index (χ3v) is 5.88. The first kappa shape index (κ1) is 21.6. The van der Waals surface area contributed by atoms with E-state index in [2.05, 4.69) is 66.7 Å². The standard InChI is InChI=1S/C29H28O3/c1-31-28-20-24(15-17-27(28)29(30)32-2)13-11-22-7-5-6-21(18-22)10-12-23-14-16-25-8-3-4-9-26(25)19-23/h3-9,14-20H,10-13H2,1-2H3. The first-order chi connectivity index (χ1) is 15.7. The minimum Gasteiger partial charge on any atom is -0.496 e. The van der Waals surface area contributed by atoms with Crippen LogP contribution in [0.1, 0.15) is 32.6 Å². The van der Waals surface area contributed by atoms with E-state index in [4.69, 9.17) is 9.47 Å². The summed E-state index contributed by atoms with van der Waals surface area (Å²) in [5, 5.41) is 2.59. The van der Waals surface area contributed by atoms with E-state index >= 15 is 0 Å². The number of methoxy groups -OCH3 is 2. The van der Waals surface area contributed by atoms with Gasteiger partial charge in [0.25, 0.3) is 0 Å². The molecule has 4 aromatic carbocycles. The van der Waals surface area contributed by atoms with Gasteiger partial charge < -0.3 is 9.47 Å². The van der Waals surface area contributed by atoms with Gasteiger partial charge in [0.2, 0.25) is 0 Å². The predicted octanol–water partition coefficient (Wildman–Crippen LogP) is 6.21. The van der Waals surface area contributed by atoms with Crippen LogP contribution in [0.2, 0.25) is 0 Å². The molecule has 0 unspecified atom stereocenters. The molecule has 0 N–H and O–H groups in total. The molecular weight excluding hydrogens is 396 g/mol. The molecule has 0 bridgehead atoms. The Morgan fingerprint density at radius 2 is 1.22 bits per heavy atom. The number of ether oxygens (including phenoxy) is 2. The first-order valence-corrected chi connectivity index (χ1v) is 11.0. The van der Waals surface area contributed by atoms with Gasteiger partial charge in [0.1, 0.15) is 11.3 Å². The van der Waals surface area contributed by atoms with E-state index in [1.807, 2.05) is 12.1 Å². The van der Waals surface area contributed by atoms with Gasteiger partial charge in [0.15, 0.2) is 0 Å². The van der Waals surface area contributed by atoms with E-state index in [0.29, 0.717) is 11.3 Å². The first-order valence-electron chi connectivity index (χ1n) is 11.0. The van der Waals surface area contributed by atoms with Gasteiger partial charge in [0.05, 0.1) is 14.2 Å².